The molecular formula is C11H8O3. The minimum absolute atomic E-state index is 0.0130. The summed E-state index contributed by atoms with van der Waals surface area (Å²) >= 11 is 0. The summed E-state index contributed by atoms with van der Waals surface area (Å²) in [5.74, 6) is -0.663. The number of carbonyl (C=O) groups is 1. The molecule has 0 amide bonds. The number of rotatable bonds is 0. The maximum absolute atomic E-state index is 11.6. The number of phenols is 1. The zero-order chi connectivity index (χ0) is 10.3. The topological polar surface area (TPSA) is 57.5 Å². The number of Topliss-reactive ketones (excluding diaryl/α,β-unsaturated/α-hetero) is 1. The summed E-state index contributed by atoms with van der Waals surface area (Å²) in [5, 5.41) is 18.8. The van der Waals surface area contributed by atoms with Gasteiger partial charge in [0.1, 0.15) is 11.5 Å². The number of aromatic hydroxyl groups is 1. The van der Waals surface area contributed by atoms with Gasteiger partial charge in [-0.3, -0.25) is 4.79 Å². The van der Waals surface area contributed by atoms with Crippen molar-refractivity contribution in [2.75, 3.05) is 0 Å². The lowest BCUT2D eigenvalue weighted by atomic mass is 9.91. The highest BCUT2D eigenvalue weighted by Crippen LogP contribution is 2.31. The van der Waals surface area contributed by atoms with Crippen molar-refractivity contribution in [1.82, 2.24) is 0 Å². The predicted molar refractivity (Wildman–Crippen MR) is 52.2 cm³/mol. The fraction of sp³-hybridized carbons (Fsp3) is 0. The molecule has 0 atom stereocenters. The summed E-state index contributed by atoms with van der Waals surface area (Å²) in [6.45, 7) is 3.44. The largest absolute Gasteiger partial charge is 0.507 e. The summed E-state index contributed by atoms with van der Waals surface area (Å²) < 4.78 is 0. The number of phenolic OH excluding ortho intramolecular Hbond substituents is 1. The van der Waals surface area contributed by atoms with Crippen LogP contribution in [-0.4, -0.2) is 16.0 Å². The summed E-state index contributed by atoms with van der Waals surface area (Å²) in [5.41, 5.74) is 0.731. The molecule has 2 N–H and O–H groups in total. The molecule has 0 radical (unpaired) electrons. The van der Waals surface area contributed by atoms with E-state index in [0.29, 0.717) is 5.56 Å². The highest BCUT2D eigenvalue weighted by atomic mass is 16.3. The Labute approximate surface area is 80.6 Å². The van der Waals surface area contributed by atoms with Crippen LogP contribution in [-0.2, 0) is 0 Å². The number of hydrogen-bond donors (Lipinski definition) is 2. The first-order chi connectivity index (χ1) is 6.61. The molecule has 0 fully saturated rings. The maximum Gasteiger partial charge on any atom is 0.200 e. The zero-order valence-corrected chi connectivity index (χ0v) is 7.32. The van der Waals surface area contributed by atoms with Crippen molar-refractivity contribution in [3.8, 4) is 5.75 Å². The molecule has 0 unspecified atom stereocenters. The third-order valence-corrected chi connectivity index (χ3v) is 2.18. The second kappa shape index (κ2) is 2.73. The first-order valence-electron chi connectivity index (χ1n) is 4.08. The number of allylic oxidation sites excluding steroid dienone is 1. The van der Waals surface area contributed by atoms with Crippen LogP contribution in [0.5, 0.6) is 5.75 Å². The molecule has 3 nitrogen and oxygen atoms in total. The number of ketones is 1. The molecule has 0 heterocycles. The quantitative estimate of drug-likeness (QED) is 0.612. The van der Waals surface area contributed by atoms with E-state index in [1.54, 1.807) is 12.1 Å². The van der Waals surface area contributed by atoms with Gasteiger partial charge < -0.3 is 10.2 Å². The van der Waals surface area contributed by atoms with Crippen LogP contribution >= 0.6 is 0 Å². The summed E-state index contributed by atoms with van der Waals surface area (Å²) in [4.78, 5) is 11.6. The molecule has 1 aliphatic carbocycles. The molecule has 0 aliphatic heterocycles. The van der Waals surface area contributed by atoms with Crippen molar-refractivity contribution in [3.63, 3.8) is 0 Å². The van der Waals surface area contributed by atoms with Crippen LogP contribution in [0.15, 0.2) is 36.1 Å². The predicted octanol–water partition coefficient (Wildman–Crippen LogP) is 2.04. The van der Waals surface area contributed by atoms with E-state index < -0.39 is 5.78 Å². The van der Waals surface area contributed by atoms with E-state index in [4.69, 9.17) is 0 Å². The van der Waals surface area contributed by atoms with Gasteiger partial charge in [-0.1, -0.05) is 18.7 Å². The molecule has 0 saturated carbocycles. The minimum Gasteiger partial charge on any atom is -0.507 e. The van der Waals surface area contributed by atoms with Crippen LogP contribution in [0, 0.1) is 0 Å². The Morgan fingerprint density at radius 1 is 1.21 bits per heavy atom. The molecule has 0 bridgehead atoms. The molecule has 3 heteroatoms. The number of aliphatic hydroxyl groups is 1. The van der Waals surface area contributed by atoms with Crippen molar-refractivity contribution in [2.45, 2.75) is 0 Å². The number of aliphatic hydroxyl groups excluding tert-OH is 1. The van der Waals surface area contributed by atoms with Crippen LogP contribution in [0.2, 0.25) is 0 Å². The molecule has 0 saturated heterocycles. The van der Waals surface area contributed by atoms with Gasteiger partial charge in [0.25, 0.3) is 0 Å². The lowest BCUT2D eigenvalue weighted by molar-refractivity contribution is 0.102. The van der Waals surface area contributed by atoms with E-state index in [0.717, 1.165) is 0 Å². The van der Waals surface area contributed by atoms with Crippen molar-refractivity contribution in [1.29, 1.82) is 0 Å². The summed E-state index contributed by atoms with van der Waals surface area (Å²) in [6.07, 6.45) is 1.42. The van der Waals surface area contributed by atoms with E-state index in [1.165, 1.54) is 12.1 Å². The average molecular weight is 188 g/mol. The van der Waals surface area contributed by atoms with Crippen LogP contribution in [0.4, 0.5) is 0 Å². The van der Waals surface area contributed by atoms with Gasteiger partial charge in [-0.15, -0.1) is 0 Å². The Morgan fingerprint density at radius 3 is 2.64 bits per heavy atom. The molecule has 1 aromatic carbocycles. The van der Waals surface area contributed by atoms with Crippen LogP contribution < -0.4 is 0 Å². The molecular weight excluding hydrogens is 180 g/mol. The zero-order valence-electron chi connectivity index (χ0n) is 7.32. The van der Waals surface area contributed by atoms with Gasteiger partial charge >= 0.3 is 0 Å². The molecule has 14 heavy (non-hydrogen) atoms. The van der Waals surface area contributed by atoms with Crippen LogP contribution in [0.25, 0.3) is 6.08 Å². The smallest absolute Gasteiger partial charge is 0.200 e. The SMILES string of the molecule is C=C1C(=O)c2c(O)cccc2C=C1O. The molecule has 0 aromatic heterocycles. The van der Waals surface area contributed by atoms with Gasteiger partial charge in [0, 0.05) is 0 Å². The van der Waals surface area contributed by atoms with E-state index >= 15 is 0 Å². The molecule has 1 aromatic rings. The van der Waals surface area contributed by atoms with Gasteiger partial charge in [0.05, 0.1) is 11.1 Å². The standard InChI is InChI=1S/C11H8O3/c1-6-9(13)5-7-3-2-4-8(12)10(7)11(6)14/h2-5,12-13H,1H2. The van der Waals surface area contributed by atoms with Crippen molar-refractivity contribution in [3.05, 3.63) is 47.2 Å². The maximum atomic E-state index is 11.6. The van der Waals surface area contributed by atoms with Gasteiger partial charge in [-0.25, -0.2) is 0 Å². The first kappa shape index (κ1) is 8.56. The number of benzene rings is 1. The lowest BCUT2D eigenvalue weighted by Gasteiger charge is -2.14. The average Bonchev–Trinajstić information content (AvgIpc) is 2.14. The Kier molecular flexibility index (Phi) is 1.67. The van der Waals surface area contributed by atoms with Crippen molar-refractivity contribution in [2.24, 2.45) is 0 Å². The monoisotopic (exact) mass is 188 g/mol. The van der Waals surface area contributed by atoms with E-state index in [2.05, 4.69) is 6.58 Å². The Morgan fingerprint density at radius 2 is 1.93 bits per heavy atom. The molecule has 2 rings (SSSR count). The number of carbonyl (C=O) groups excluding carboxylic acids is 1. The van der Waals surface area contributed by atoms with Crippen LogP contribution in [0.3, 0.4) is 0 Å². The molecule has 1 aliphatic rings. The molecule has 70 valence electrons. The van der Waals surface area contributed by atoms with Crippen LogP contribution in [0.1, 0.15) is 15.9 Å². The Bertz CT molecular complexity index is 469. The van der Waals surface area contributed by atoms with Gasteiger partial charge in [-0.05, 0) is 17.7 Å². The first-order valence-corrected chi connectivity index (χ1v) is 4.08. The highest BCUT2D eigenvalue weighted by Gasteiger charge is 2.24. The Hall–Kier alpha value is -2.03. The summed E-state index contributed by atoms with van der Waals surface area (Å²) in [7, 11) is 0. The van der Waals surface area contributed by atoms with Gasteiger partial charge in [-0.2, -0.15) is 0 Å². The second-order valence-electron chi connectivity index (χ2n) is 3.08. The number of fused-ring (bicyclic) bond motifs is 1. The normalized spacial score (nSPS) is 15.0. The third kappa shape index (κ3) is 1.03. The van der Waals surface area contributed by atoms with Crippen molar-refractivity contribution < 1.29 is 15.0 Å². The second-order valence-corrected chi connectivity index (χ2v) is 3.08. The van der Waals surface area contributed by atoms with E-state index in [9.17, 15) is 15.0 Å². The van der Waals surface area contributed by atoms with E-state index in [-0.39, 0.29) is 22.6 Å². The number of hydrogen-bond acceptors (Lipinski definition) is 3. The van der Waals surface area contributed by atoms with Gasteiger partial charge in [0.2, 0.25) is 0 Å². The molecule has 0 spiro atoms. The fourth-order valence-electron chi connectivity index (χ4n) is 1.43. The third-order valence-electron chi connectivity index (χ3n) is 2.18. The van der Waals surface area contributed by atoms with Gasteiger partial charge in [0.15, 0.2) is 5.78 Å². The Balaban J connectivity index is 2.76. The summed E-state index contributed by atoms with van der Waals surface area (Å²) in [6, 6.07) is 4.69. The highest BCUT2D eigenvalue weighted by molar-refractivity contribution is 6.17. The minimum atomic E-state index is -0.432. The lowest BCUT2D eigenvalue weighted by Crippen LogP contribution is -2.11. The van der Waals surface area contributed by atoms with Crippen molar-refractivity contribution >= 4 is 11.9 Å². The fourth-order valence-corrected chi connectivity index (χ4v) is 1.43. The van der Waals surface area contributed by atoms with E-state index in [1.807, 2.05) is 0 Å².